The normalized spacial score (nSPS) is 10.1. The van der Waals surface area contributed by atoms with Crippen molar-refractivity contribution in [1.82, 2.24) is 10.2 Å². The summed E-state index contributed by atoms with van der Waals surface area (Å²) in [6.45, 7) is 0.256. The van der Waals surface area contributed by atoms with Crippen LogP contribution in [0.2, 0.25) is 0 Å². The molecule has 94 valence electrons. The first-order valence-corrected chi connectivity index (χ1v) is 5.25. The minimum absolute atomic E-state index is 0.256. The summed E-state index contributed by atoms with van der Waals surface area (Å²) in [4.78, 5) is 11.6. The number of nitrogens with two attached hydrogens (primary N) is 1. The number of carbonyl (C=O) groups excluding carboxylic acids is 1. The van der Waals surface area contributed by atoms with Crippen LogP contribution in [0.15, 0.2) is 30.5 Å². The van der Waals surface area contributed by atoms with Crippen LogP contribution in [-0.2, 0) is 6.54 Å². The number of rotatable bonds is 3. The van der Waals surface area contributed by atoms with Crippen LogP contribution < -0.4 is 16.4 Å². The summed E-state index contributed by atoms with van der Waals surface area (Å²) in [6, 6.07) is 5.10. The minimum atomic E-state index is -0.500. The highest BCUT2D eigenvalue weighted by Gasteiger charge is 2.08. The average Bonchev–Trinajstić information content (AvgIpc) is 2.76. The summed E-state index contributed by atoms with van der Waals surface area (Å²) in [6.07, 6.45) is 1.53. The van der Waals surface area contributed by atoms with E-state index in [9.17, 15) is 9.18 Å². The van der Waals surface area contributed by atoms with Gasteiger partial charge in [0.15, 0.2) is 0 Å². The molecule has 0 aliphatic heterocycles. The first-order valence-electron chi connectivity index (χ1n) is 5.25. The molecule has 0 unspecified atom stereocenters. The molecule has 7 heteroatoms. The number of hydrogen-bond acceptors (Lipinski definition) is 3. The second-order valence-corrected chi connectivity index (χ2v) is 3.56. The summed E-state index contributed by atoms with van der Waals surface area (Å²) < 4.78 is 12.9. The molecule has 1 aromatic carbocycles. The van der Waals surface area contributed by atoms with Gasteiger partial charge < -0.3 is 11.1 Å². The fourth-order valence-electron chi connectivity index (χ4n) is 1.42. The van der Waals surface area contributed by atoms with E-state index in [-0.39, 0.29) is 6.54 Å². The van der Waals surface area contributed by atoms with E-state index in [1.54, 1.807) is 6.07 Å². The van der Waals surface area contributed by atoms with E-state index in [2.05, 4.69) is 20.8 Å². The molecule has 0 fully saturated rings. The Labute approximate surface area is 102 Å². The van der Waals surface area contributed by atoms with Crippen molar-refractivity contribution in [3.8, 4) is 0 Å². The number of hydrogen-bond donors (Lipinski definition) is 4. The molecule has 0 aliphatic carbocycles. The molecule has 0 atom stereocenters. The molecule has 6 nitrogen and oxygen atoms in total. The van der Waals surface area contributed by atoms with Gasteiger partial charge in [-0.25, -0.2) is 9.18 Å². The standard InChI is InChI=1S/C11H12FN5O/c12-8-2-1-3-9(4-8)15-11(18)16-10-7(5-13)6-14-17-10/h1-4,6H,5,13H2,(H3,14,15,16,17,18). The number of aromatic amines is 1. The van der Waals surface area contributed by atoms with Gasteiger partial charge in [0.25, 0.3) is 0 Å². The molecule has 0 bridgehead atoms. The van der Waals surface area contributed by atoms with E-state index in [1.165, 1.54) is 24.4 Å². The van der Waals surface area contributed by atoms with Crippen LogP contribution in [0, 0.1) is 5.82 Å². The Kier molecular flexibility index (Phi) is 3.54. The number of nitrogens with one attached hydrogen (secondary N) is 3. The summed E-state index contributed by atoms with van der Waals surface area (Å²) >= 11 is 0. The van der Waals surface area contributed by atoms with E-state index in [1.807, 2.05) is 0 Å². The maximum absolute atomic E-state index is 12.9. The van der Waals surface area contributed by atoms with Gasteiger partial charge in [-0.15, -0.1) is 0 Å². The fraction of sp³-hybridized carbons (Fsp3) is 0.0909. The molecule has 0 saturated carbocycles. The lowest BCUT2D eigenvalue weighted by Crippen LogP contribution is -2.20. The molecule has 0 saturated heterocycles. The highest BCUT2D eigenvalue weighted by Crippen LogP contribution is 2.12. The van der Waals surface area contributed by atoms with Gasteiger partial charge in [0.05, 0.1) is 6.20 Å². The highest BCUT2D eigenvalue weighted by atomic mass is 19.1. The van der Waals surface area contributed by atoms with Crippen LogP contribution in [0.4, 0.5) is 20.7 Å². The third kappa shape index (κ3) is 2.83. The lowest BCUT2D eigenvalue weighted by atomic mass is 10.3. The second kappa shape index (κ2) is 5.28. The van der Waals surface area contributed by atoms with Crippen LogP contribution >= 0.6 is 0 Å². The molecule has 0 aliphatic rings. The molecule has 2 rings (SSSR count). The number of aromatic nitrogens is 2. The summed E-state index contributed by atoms with van der Waals surface area (Å²) in [7, 11) is 0. The number of carbonyl (C=O) groups is 1. The van der Waals surface area contributed by atoms with Gasteiger partial charge in [-0.2, -0.15) is 5.10 Å². The van der Waals surface area contributed by atoms with Crippen molar-refractivity contribution in [3.05, 3.63) is 41.8 Å². The van der Waals surface area contributed by atoms with Crippen LogP contribution in [0.3, 0.4) is 0 Å². The molecule has 18 heavy (non-hydrogen) atoms. The van der Waals surface area contributed by atoms with Crippen LogP contribution in [0.5, 0.6) is 0 Å². The first-order chi connectivity index (χ1) is 8.69. The number of benzene rings is 1. The number of nitrogens with zero attached hydrogens (tertiary/aromatic N) is 1. The monoisotopic (exact) mass is 249 g/mol. The Morgan fingerprint density at radius 3 is 3.00 bits per heavy atom. The molecular formula is C11H12FN5O. The fourth-order valence-corrected chi connectivity index (χ4v) is 1.42. The molecule has 0 radical (unpaired) electrons. The molecular weight excluding hydrogens is 237 g/mol. The molecule has 0 spiro atoms. The molecule has 2 amide bonds. The van der Waals surface area contributed by atoms with Gasteiger partial charge in [0.2, 0.25) is 0 Å². The van der Waals surface area contributed by atoms with Crippen LogP contribution in [0.25, 0.3) is 0 Å². The van der Waals surface area contributed by atoms with Crippen molar-refractivity contribution in [2.75, 3.05) is 10.6 Å². The Morgan fingerprint density at radius 2 is 2.28 bits per heavy atom. The van der Waals surface area contributed by atoms with E-state index in [0.717, 1.165) is 0 Å². The summed E-state index contributed by atoms with van der Waals surface area (Å²) in [5.74, 6) is 0.00314. The van der Waals surface area contributed by atoms with Gasteiger partial charge in [-0.05, 0) is 18.2 Å². The van der Waals surface area contributed by atoms with E-state index < -0.39 is 11.8 Å². The second-order valence-electron chi connectivity index (χ2n) is 3.56. The quantitative estimate of drug-likeness (QED) is 0.666. The first kappa shape index (κ1) is 12.1. The zero-order chi connectivity index (χ0) is 13.0. The van der Waals surface area contributed by atoms with Crippen molar-refractivity contribution in [1.29, 1.82) is 0 Å². The van der Waals surface area contributed by atoms with Gasteiger partial charge in [0, 0.05) is 17.8 Å². The largest absolute Gasteiger partial charge is 0.326 e. The Hall–Kier alpha value is -2.41. The smallest absolute Gasteiger partial charge is 0.324 e. The number of urea groups is 1. The van der Waals surface area contributed by atoms with Gasteiger partial charge in [-0.1, -0.05) is 6.07 Å². The topological polar surface area (TPSA) is 95.8 Å². The number of H-pyrrole nitrogens is 1. The molecule has 5 N–H and O–H groups in total. The lowest BCUT2D eigenvalue weighted by Gasteiger charge is -2.07. The zero-order valence-electron chi connectivity index (χ0n) is 9.40. The summed E-state index contributed by atoms with van der Waals surface area (Å²) in [5, 5.41) is 11.4. The van der Waals surface area contributed by atoms with E-state index >= 15 is 0 Å². The number of halogens is 1. The van der Waals surface area contributed by atoms with Gasteiger partial charge >= 0.3 is 6.03 Å². The Morgan fingerprint density at radius 1 is 1.44 bits per heavy atom. The number of amides is 2. The van der Waals surface area contributed by atoms with Crippen molar-refractivity contribution >= 4 is 17.5 Å². The predicted octanol–water partition coefficient (Wildman–Crippen LogP) is 1.65. The molecule has 1 aromatic heterocycles. The zero-order valence-corrected chi connectivity index (χ0v) is 9.40. The van der Waals surface area contributed by atoms with Crippen molar-refractivity contribution in [3.63, 3.8) is 0 Å². The van der Waals surface area contributed by atoms with Crippen molar-refractivity contribution in [2.24, 2.45) is 5.73 Å². The maximum Gasteiger partial charge on any atom is 0.324 e. The average molecular weight is 249 g/mol. The van der Waals surface area contributed by atoms with Crippen molar-refractivity contribution < 1.29 is 9.18 Å². The van der Waals surface area contributed by atoms with E-state index in [4.69, 9.17) is 5.73 Å². The van der Waals surface area contributed by atoms with Crippen LogP contribution in [0.1, 0.15) is 5.56 Å². The third-order valence-corrected chi connectivity index (χ3v) is 2.26. The minimum Gasteiger partial charge on any atom is -0.326 e. The highest BCUT2D eigenvalue weighted by molar-refractivity contribution is 5.99. The van der Waals surface area contributed by atoms with Crippen LogP contribution in [-0.4, -0.2) is 16.2 Å². The summed E-state index contributed by atoms with van der Waals surface area (Å²) in [5.41, 5.74) is 6.51. The lowest BCUT2D eigenvalue weighted by molar-refractivity contribution is 0.262. The SMILES string of the molecule is NCc1cn[nH]c1NC(=O)Nc1cccc(F)c1. The molecule has 2 aromatic rings. The Balaban J connectivity index is 2.01. The predicted molar refractivity (Wildman–Crippen MR) is 65.5 cm³/mol. The maximum atomic E-state index is 12.9. The van der Waals surface area contributed by atoms with E-state index in [0.29, 0.717) is 17.1 Å². The molecule has 1 heterocycles. The number of anilines is 2. The van der Waals surface area contributed by atoms with Gasteiger partial charge in [0.1, 0.15) is 11.6 Å². The van der Waals surface area contributed by atoms with Crippen molar-refractivity contribution in [2.45, 2.75) is 6.54 Å². The Bertz CT molecular complexity index is 554. The third-order valence-electron chi connectivity index (χ3n) is 2.26. The van der Waals surface area contributed by atoms with Gasteiger partial charge in [-0.3, -0.25) is 10.4 Å².